The van der Waals surface area contributed by atoms with Crippen LogP contribution in [-0.2, 0) is 0 Å². The fourth-order valence-corrected chi connectivity index (χ4v) is 0.817. The van der Waals surface area contributed by atoms with E-state index in [4.69, 9.17) is 11.6 Å². The lowest BCUT2D eigenvalue weighted by atomic mass is 10.1. The number of hydrogen-bond donors (Lipinski definition) is 0. The predicted molar refractivity (Wildman–Crippen MR) is 33.0 cm³/mol. The Balaban J connectivity index is 2.98. The Morgan fingerprint density at radius 1 is 1.09 bits per heavy atom. The van der Waals surface area contributed by atoms with E-state index in [1.54, 1.807) is 0 Å². The second-order valence-electron chi connectivity index (χ2n) is 2.12. The van der Waals surface area contributed by atoms with Crippen molar-refractivity contribution in [1.29, 1.82) is 0 Å². The lowest BCUT2D eigenvalue weighted by Crippen LogP contribution is -2.23. The van der Waals surface area contributed by atoms with Crippen LogP contribution >= 0.6 is 11.6 Å². The zero-order chi connectivity index (χ0) is 8.70. The maximum Gasteiger partial charge on any atom is 0.302 e. The standard InChI is InChI=1S/C6H3ClF4/c7-4-3-5(8,9)1-2-6(4,10)11/h1-3H. The molecule has 0 saturated carbocycles. The Morgan fingerprint density at radius 3 is 2.00 bits per heavy atom. The lowest BCUT2D eigenvalue weighted by molar-refractivity contribution is 0.0678. The first-order valence-corrected chi connectivity index (χ1v) is 3.06. The fourth-order valence-electron chi connectivity index (χ4n) is 0.609. The van der Waals surface area contributed by atoms with Gasteiger partial charge in [-0.1, -0.05) is 11.6 Å². The van der Waals surface area contributed by atoms with E-state index < -0.39 is 16.9 Å². The molecule has 0 saturated heterocycles. The molecule has 0 atom stereocenters. The molecule has 1 aliphatic carbocycles. The molecule has 62 valence electrons. The molecular formula is C6H3ClF4. The predicted octanol–water partition coefficient (Wildman–Crippen LogP) is 2.95. The van der Waals surface area contributed by atoms with Crippen LogP contribution in [0.15, 0.2) is 23.3 Å². The van der Waals surface area contributed by atoms with Gasteiger partial charge in [0.15, 0.2) is 0 Å². The highest BCUT2D eigenvalue weighted by Gasteiger charge is 2.39. The van der Waals surface area contributed by atoms with Gasteiger partial charge in [0.2, 0.25) is 0 Å². The first kappa shape index (κ1) is 8.59. The minimum absolute atomic E-state index is 0.0363. The summed E-state index contributed by atoms with van der Waals surface area (Å²) in [5.41, 5.74) is 0. The topological polar surface area (TPSA) is 0 Å². The number of halogens is 5. The van der Waals surface area contributed by atoms with Gasteiger partial charge >= 0.3 is 5.92 Å². The maximum atomic E-state index is 12.3. The molecule has 11 heavy (non-hydrogen) atoms. The van der Waals surface area contributed by atoms with E-state index in [1.165, 1.54) is 0 Å². The zero-order valence-electron chi connectivity index (χ0n) is 5.12. The summed E-state index contributed by atoms with van der Waals surface area (Å²) in [6, 6.07) is 0. The lowest BCUT2D eigenvalue weighted by Gasteiger charge is -2.18. The molecule has 0 aromatic heterocycles. The van der Waals surface area contributed by atoms with Gasteiger partial charge in [-0.05, 0) is 12.2 Å². The number of rotatable bonds is 0. The summed E-state index contributed by atoms with van der Waals surface area (Å²) in [4.78, 5) is 0. The van der Waals surface area contributed by atoms with Crippen molar-refractivity contribution < 1.29 is 17.6 Å². The second-order valence-corrected chi connectivity index (χ2v) is 2.53. The molecule has 5 heteroatoms. The van der Waals surface area contributed by atoms with Gasteiger partial charge in [-0.2, -0.15) is 17.6 Å². The van der Waals surface area contributed by atoms with Crippen molar-refractivity contribution in [2.75, 3.05) is 0 Å². The van der Waals surface area contributed by atoms with Gasteiger partial charge in [-0.3, -0.25) is 0 Å². The van der Waals surface area contributed by atoms with Crippen LogP contribution in [0.5, 0.6) is 0 Å². The van der Waals surface area contributed by atoms with E-state index in [-0.39, 0.29) is 18.2 Å². The molecule has 0 heterocycles. The van der Waals surface area contributed by atoms with Crippen LogP contribution in [0, 0.1) is 0 Å². The molecule has 0 bridgehead atoms. The van der Waals surface area contributed by atoms with Gasteiger partial charge in [-0.25, -0.2) is 0 Å². The normalized spacial score (nSPS) is 26.5. The van der Waals surface area contributed by atoms with Gasteiger partial charge < -0.3 is 0 Å². The molecule has 0 unspecified atom stereocenters. The molecule has 0 aromatic carbocycles. The van der Waals surface area contributed by atoms with Gasteiger partial charge in [0, 0.05) is 6.08 Å². The number of alkyl halides is 4. The van der Waals surface area contributed by atoms with Crippen LogP contribution < -0.4 is 0 Å². The van der Waals surface area contributed by atoms with Crippen LogP contribution in [0.1, 0.15) is 0 Å². The van der Waals surface area contributed by atoms with Crippen LogP contribution in [0.25, 0.3) is 0 Å². The molecule has 0 aliphatic heterocycles. The molecule has 0 radical (unpaired) electrons. The quantitative estimate of drug-likeness (QED) is 0.403. The average molecular weight is 187 g/mol. The van der Waals surface area contributed by atoms with Crippen LogP contribution in [0.3, 0.4) is 0 Å². The average Bonchev–Trinajstić information content (AvgIpc) is 1.81. The highest BCUT2D eigenvalue weighted by Crippen LogP contribution is 2.37. The Kier molecular flexibility index (Phi) is 1.75. The van der Waals surface area contributed by atoms with Crippen molar-refractivity contribution >= 4 is 11.6 Å². The molecule has 0 spiro atoms. The first-order chi connectivity index (χ1) is 4.83. The molecule has 1 aliphatic rings. The van der Waals surface area contributed by atoms with Crippen LogP contribution in [0.2, 0.25) is 0 Å². The summed E-state index contributed by atoms with van der Waals surface area (Å²) in [6.07, 6.45) is 0.253. The van der Waals surface area contributed by atoms with Gasteiger partial charge in [-0.15, -0.1) is 0 Å². The van der Waals surface area contributed by atoms with Crippen molar-refractivity contribution in [3.05, 3.63) is 23.3 Å². The fraction of sp³-hybridized carbons (Fsp3) is 0.333. The van der Waals surface area contributed by atoms with Crippen molar-refractivity contribution in [3.63, 3.8) is 0 Å². The van der Waals surface area contributed by atoms with Gasteiger partial charge in [0.1, 0.15) is 0 Å². The molecule has 0 nitrogen and oxygen atoms in total. The van der Waals surface area contributed by atoms with Crippen LogP contribution in [0.4, 0.5) is 17.6 Å². The van der Waals surface area contributed by atoms with Crippen molar-refractivity contribution in [2.45, 2.75) is 11.8 Å². The minimum Gasteiger partial charge on any atom is -0.197 e. The number of allylic oxidation sites excluding steroid dienone is 4. The summed E-state index contributed by atoms with van der Waals surface area (Å²) in [5.74, 6) is -6.79. The molecule has 0 N–H and O–H groups in total. The molecule has 0 amide bonds. The van der Waals surface area contributed by atoms with E-state index >= 15 is 0 Å². The Hall–Kier alpha value is -0.510. The Bertz CT molecular complexity index is 229. The monoisotopic (exact) mass is 186 g/mol. The summed E-state index contributed by atoms with van der Waals surface area (Å²) >= 11 is 4.87. The molecule has 1 rings (SSSR count). The molecular weight excluding hydrogens is 184 g/mol. The Morgan fingerprint density at radius 2 is 1.64 bits per heavy atom. The van der Waals surface area contributed by atoms with Crippen molar-refractivity contribution in [2.24, 2.45) is 0 Å². The van der Waals surface area contributed by atoms with Crippen molar-refractivity contribution in [1.82, 2.24) is 0 Å². The van der Waals surface area contributed by atoms with Gasteiger partial charge in [0.25, 0.3) is 5.92 Å². The third kappa shape index (κ3) is 1.74. The van der Waals surface area contributed by atoms with Crippen molar-refractivity contribution in [3.8, 4) is 0 Å². The largest absolute Gasteiger partial charge is 0.302 e. The second kappa shape index (κ2) is 2.24. The first-order valence-electron chi connectivity index (χ1n) is 2.68. The highest BCUT2D eigenvalue weighted by molar-refractivity contribution is 6.30. The zero-order valence-corrected chi connectivity index (χ0v) is 5.88. The van der Waals surface area contributed by atoms with Crippen LogP contribution in [-0.4, -0.2) is 11.8 Å². The maximum absolute atomic E-state index is 12.3. The summed E-state index contributed by atoms with van der Waals surface area (Å²) in [7, 11) is 0. The summed E-state index contributed by atoms with van der Waals surface area (Å²) < 4.78 is 49.1. The van der Waals surface area contributed by atoms with E-state index in [2.05, 4.69) is 0 Å². The van der Waals surface area contributed by atoms with Gasteiger partial charge in [0.05, 0.1) is 5.03 Å². The smallest absolute Gasteiger partial charge is 0.197 e. The molecule has 0 aromatic rings. The third-order valence-corrected chi connectivity index (χ3v) is 1.51. The Labute approximate surface area is 65.1 Å². The SMILES string of the molecule is FC1(F)C=CC(F)(F)C(Cl)=C1. The third-order valence-electron chi connectivity index (χ3n) is 1.15. The number of hydrogen-bond acceptors (Lipinski definition) is 0. The van der Waals surface area contributed by atoms with E-state index in [9.17, 15) is 17.6 Å². The molecule has 0 fully saturated rings. The summed E-state index contributed by atoms with van der Waals surface area (Å²) in [6.45, 7) is 0. The minimum atomic E-state index is -3.44. The van der Waals surface area contributed by atoms with E-state index in [0.29, 0.717) is 0 Å². The summed E-state index contributed by atoms with van der Waals surface area (Å²) in [5, 5.41) is -1.13. The highest BCUT2D eigenvalue weighted by atomic mass is 35.5. The van der Waals surface area contributed by atoms with E-state index in [1.807, 2.05) is 0 Å². The van der Waals surface area contributed by atoms with E-state index in [0.717, 1.165) is 0 Å².